The molecule has 0 heterocycles. The highest BCUT2D eigenvalue weighted by Crippen LogP contribution is 2.25. The topological polar surface area (TPSA) is 50.8 Å². The van der Waals surface area contributed by atoms with Gasteiger partial charge in [0.1, 0.15) is 0 Å². The Morgan fingerprint density at radius 3 is 2.40 bits per heavy atom. The van der Waals surface area contributed by atoms with Gasteiger partial charge in [0.25, 0.3) is 5.91 Å². The lowest BCUT2D eigenvalue weighted by Crippen LogP contribution is -2.34. The maximum absolute atomic E-state index is 11.9. The van der Waals surface area contributed by atoms with Crippen LogP contribution in [0.3, 0.4) is 0 Å². The van der Waals surface area contributed by atoms with Crippen LogP contribution < -0.4 is 5.32 Å². The second-order valence-electron chi connectivity index (χ2n) is 4.67. The number of carbonyl (C=O) groups excluding carboxylic acids is 1. The zero-order valence-electron chi connectivity index (χ0n) is 12.4. The number of benzene rings is 1. The van der Waals surface area contributed by atoms with Gasteiger partial charge in [-0.25, -0.2) is 0 Å². The summed E-state index contributed by atoms with van der Waals surface area (Å²) < 4.78 is 10.4. The van der Waals surface area contributed by atoms with Gasteiger partial charge < -0.3 is 19.7 Å². The molecule has 1 aromatic carbocycles. The molecule has 0 radical (unpaired) electrons. The van der Waals surface area contributed by atoms with Crippen molar-refractivity contribution in [1.82, 2.24) is 4.90 Å². The Hall–Kier alpha value is -1.30. The molecule has 0 aliphatic rings. The first-order valence-corrected chi connectivity index (χ1v) is 6.61. The number of nitrogens with zero attached hydrogens (tertiary/aromatic N) is 1. The maximum Gasteiger partial charge on any atom is 0.253 e. The van der Waals surface area contributed by atoms with E-state index in [0.717, 1.165) is 0 Å². The van der Waals surface area contributed by atoms with Crippen molar-refractivity contribution in [1.29, 1.82) is 0 Å². The Bertz CT molecular complexity index is 462. The number of carbonyl (C=O) groups is 1. The Labute approximate surface area is 124 Å². The Morgan fingerprint density at radius 1 is 1.30 bits per heavy atom. The number of nitrogens with one attached hydrogen (secondary N) is 1. The summed E-state index contributed by atoms with van der Waals surface area (Å²) in [6.07, 6.45) is -0.403. The first-order chi connectivity index (χ1) is 9.40. The van der Waals surface area contributed by atoms with Crippen molar-refractivity contribution in [3.05, 3.63) is 28.8 Å². The van der Waals surface area contributed by atoms with E-state index >= 15 is 0 Å². The van der Waals surface area contributed by atoms with Gasteiger partial charge in [0, 0.05) is 33.9 Å². The fourth-order valence-corrected chi connectivity index (χ4v) is 2.02. The molecule has 0 aromatic heterocycles. The zero-order valence-corrected chi connectivity index (χ0v) is 13.2. The number of methoxy groups -OCH3 is 2. The molecule has 0 aliphatic heterocycles. The van der Waals surface area contributed by atoms with Crippen LogP contribution in [0.25, 0.3) is 0 Å². The van der Waals surface area contributed by atoms with E-state index in [1.165, 1.54) is 4.90 Å². The van der Waals surface area contributed by atoms with Crippen LogP contribution in [0.1, 0.15) is 17.3 Å². The van der Waals surface area contributed by atoms with E-state index in [4.69, 9.17) is 21.1 Å². The van der Waals surface area contributed by atoms with E-state index < -0.39 is 6.29 Å². The summed E-state index contributed by atoms with van der Waals surface area (Å²) in [7, 11) is 6.55. The van der Waals surface area contributed by atoms with Gasteiger partial charge in [-0.05, 0) is 25.1 Å². The van der Waals surface area contributed by atoms with Gasteiger partial charge in [-0.3, -0.25) is 4.79 Å². The third kappa shape index (κ3) is 4.10. The number of anilines is 1. The molecule has 0 aliphatic carbocycles. The van der Waals surface area contributed by atoms with Gasteiger partial charge >= 0.3 is 0 Å². The third-order valence-corrected chi connectivity index (χ3v) is 3.21. The molecule has 0 saturated heterocycles. The number of rotatable bonds is 6. The molecule has 0 spiro atoms. The first kappa shape index (κ1) is 16.8. The Kier molecular flexibility index (Phi) is 6.26. The summed E-state index contributed by atoms with van der Waals surface area (Å²) in [5.74, 6) is -0.0765. The third-order valence-electron chi connectivity index (χ3n) is 2.88. The molecule has 1 amide bonds. The first-order valence-electron chi connectivity index (χ1n) is 6.24. The van der Waals surface area contributed by atoms with E-state index in [-0.39, 0.29) is 11.9 Å². The molecule has 0 saturated carbocycles. The molecular formula is C14H21ClN2O3. The van der Waals surface area contributed by atoms with Crippen LogP contribution in [0.4, 0.5) is 5.69 Å². The zero-order chi connectivity index (χ0) is 15.3. The molecule has 5 nitrogen and oxygen atoms in total. The average molecular weight is 301 g/mol. The van der Waals surface area contributed by atoms with Crippen molar-refractivity contribution in [3.63, 3.8) is 0 Å². The minimum absolute atomic E-state index is 0.0765. The minimum atomic E-state index is -0.403. The summed E-state index contributed by atoms with van der Waals surface area (Å²) in [5.41, 5.74) is 1.24. The van der Waals surface area contributed by atoms with Gasteiger partial charge in [0.2, 0.25) is 0 Å². The maximum atomic E-state index is 11.9. The second-order valence-corrected chi connectivity index (χ2v) is 5.07. The number of halogens is 1. The number of amides is 1. The predicted octanol–water partition coefficient (Wildman–Crippen LogP) is 2.46. The van der Waals surface area contributed by atoms with Gasteiger partial charge in [0.15, 0.2) is 6.29 Å². The highest BCUT2D eigenvalue weighted by Gasteiger charge is 2.18. The average Bonchev–Trinajstić information content (AvgIpc) is 2.41. The van der Waals surface area contributed by atoms with Crippen LogP contribution in [-0.4, -0.2) is 51.5 Å². The highest BCUT2D eigenvalue weighted by molar-refractivity contribution is 6.33. The van der Waals surface area contributed by atoms with Crippen LogP contribution in [-0.2, 0) is 9.47 Å². The van der Waals surface area contributed by atoms with Crippen LogP contribution in [0, 0.1) is 0 Å². The van der Waals surface area contributed by atoms with Crippen molar-refractivity contribution in [2.45, 2.75) is 19.3 Å². The van der Waals surface area contributed by atoms with Gasteiger partial charge in [-0.2, -0.15) is 0 Å². The molecule has 1 N–H and O–H groups in total. The summed E-state index contributed by atoms with van der Waals surface area (Å²) in [5, 5.41) is 3.73. The van der Waals surface area contributed by atoms with E-state index in [9.17, 15) is 4.79 Å². The molecule has 112 valence electrons. The largest absolute Gasteiger partial charge is 0.376 e. The molecule has 1 atom stereocenters. The highest BCUT2D eigenvalue weighted by atomic mass is 35.5. The van der Waals surface area contributed by atoms with Crippen molar-refractivity contribution in [2.75, 3.05) is 33.6 Å². The minimum Gasteiger partial charge on any atom is -0.376 e. The predicted molar refractivity (Wildman–Crippen MR) is 80.4 cm³/mol. The molecule has 1 rings (SSSR count). The molecule has 1 unspecified atom stereocenters. The van der Waals surface area contributed by atoms with Crippen LogP contribution >= 0.6 is 11.6 Å². The van der Waals surface area contributed by atoms with Gasteiger partial charge in [-0.1, -0.05) is 11.6 Å². The van der Waals surface area contributed by atoms with E-state index in [0.29, 0.717) is 16.3 Å². The van der Waals surface area contributed by atoms with Crippen molar-refractivity contribution >= 4 is 23.2 Å². The molecule has 0 fully saturated rings. The summed E-state index contributed by atoms with van der Waals surface area (Å²) in [6, 6.07) is 5.00. The van der Waals surface area contributed by atoms with E-state index in [2.05, 4.69) is 5.32 Å². The Morgan fingerprint density at radius 2 is 1.90 bits per heavy atom. The standard InChI is InChI=1S/C14H21ClN2O3/c1-9(14(19-4)20-5)16-12-8-10(6-7-11(12)15)13(18)17(2)3/h6-9,14,16H,1-5H3. The second kappa shape index (κ2) is 7.47. The summed E-state index contributed by atoms with van der Waals surface area (Å²) >= 11 is 6.15. The van der Waals surface area contributed by atoms with Crippen molar-refractivity contribution in [2.24, 2.45) is 0 Å². The normalized spacial score (nSPS) is 12.3. The Balaban J connectivity index is 2.94. The van der Waals surface area contributed by atoms with Crippen molar-refractivity contribution < 1.29 is 14.3 Å². The monoisotopic (exact) mass is 300 g/mol. The van der Waals surface area contributed by atoms with Gasteiger partial charge in [-0.15, -0.1) is 0 Å². The van der Waals surface area contributed by atoms with E-state index in [1.807, 2.05) is 6.92 Å². The molecule has 0 bridgehead atoms. The lowest BCUT2D eigenvalue weighted by molar-refractivity contribution is -0.109. The summed E-state index contributed by atoms with van der Waals surface area (Å²) in [4.78, 5) is 13.5. The fourth-order valence-electron chi connectivity index (χ4n) is 1.84. The van der Waals surface area contributed by atoms with Crippen molar-refractivity contribution in [3.8, 4) is 0 Å². The van der Waals surface area contributed by atoms with Gasteiger partial charge in [0.05, 0.1) is 16.8 Å². The molecule has 1 aromatic rings. The number of hydrogen-bond donors (Lipinski definition) is 1. The number of ether oxygens (including phenoxy) is 2. The molecule has 20 heavy (non-hydrogen) atoms. The lowest BCUT2D eigenvalue weighted by atomic mass is 10.1. The van der Waals surface area contributed by atoms with Crippen LogP contribution in [0.5, 0.6) is 0 Å². The lowest BCUT2D eigenvalue weighted by Gasteiger charge is -2.24. The fraction of sp³-hybridized carbons (Fsp3) is 0.500. The quantitative estimate of drug-likeness (QED) is 0.820. The molecule has 6 heteroatoms. The SMILES string of the molecule is COC(OC)C(C)Nc1cc(C(=O)N(C)C)ccc1Cl. The number of hydrogen-bond acceptors (Lipinski definition) is 4. The molecular weight excluding hydrogens is 280 g/mol. The van der Waals surface area contributed by atoms with Crippen LogP contribution in [0.15, 0.2) is 18.2 Å². The van der Waals surface area contributed by atoms with E-state index in [1.54, 1.807) is 46.5 Å². The van der Waals surface area contributed by atoms with Crippen LogP contribution in [0.2, 0.25) is 5.02 Å². The summed E-state index contributed by atoms with van der Waals surface area (Å²) in [6.45, 7) is 1.91. The smallest absolute Gasteiger partial charge is 0.253 e.